The van der Waals surface area contributed by atoms with Gasteiger partial charge in [-0.15, -0.1) is 0 Å². The molecule has 116 valence electrons. The first-order chi connectivity index (χ1) is 11.0. The Morgan fingerprint density at radius 1 is 1.00 bits per heavy atom. The minimum atomic E-state index is 0.492. The topological polar surface area (TPSA) is 41.7 Å². The third-order valence-corrected chi connectivity index (χ3v) is 4.34. The zero-order valence-electron chi connectivity index (χ0n) is 12.1. The summed E-state index contributed by atoms with van der Waals surface area (Å²) < 4.78 is 1.73. The molecule has 0 unspecified atom stereocenters. The normalized spacial score (nSPS) is 10.8. The fourth-order valence-electron chi connectivity index (χ4n) is 2.42. The van der Waals surface area contributed by atoms with Crippen LogP contribution in [-0.4, -0.2) is 16.0 Å². The lowest BCUT2D eigenvalue weighted by atomic mass is 10.1. The maximum Gasteiger partial charge on any atom is 0.107 e. The Bertz CT molecular complexity index is 883. The Morgan fingerprint density at radius 3 is 2.26 bits per heavy atom. The van der Waals surface area contributed by atoms with Crippen molar-refractivity contribution in [2.75, 3.05) is 0 Å². The van der Waals surface area contributed by atoms with Crippen molar-refractivity contribution < 1.29 is 0 Å². The molecule has 0 amide bonds. The van der Waals surface area contributed by atoms with Crippen molar-refractivity contribution in [2.24, 2.45) is 0 Å². The van der Waals surface area contributed by atoms with E-state index in [0.717, 1.165) is 16.8 Å². The Balaban J connectivity index is 2.28. The first-order valence-electron chi connectivity index (χ1n) is 6.82. The molecule has 1 N–H and O–H groups in total. The van der Waals surface area contributed by atoms with Crippen LogP contribution in [0.25, 0.3) is 16.9 Å². The highest BCUT2D eigenvalue weighted by Gasteiger charge is 2.18. The lowest BCUT2D eigenvalue weighted by Crippen LogP contribution is -2.00. The number of aromatic nitrogens is 2. The van der Waals surface area contributed by atoms with Gasteiger partial charge in [0.25, 0.3) is 0 Å². The van der Waals surface area contributed by atoms with E-state index in [-0.39, 0.29) is 0 Å². The molecule has 23 heavy (non-hydrogen) atoms. The first-order valence-corrected chi connectivity index (χ1v) is 7.96. The summed E-state index contributed by atoms with van der Waals surface area (Å²) in [6.07, 6.45) is 1.23. The Morgan fingerprint density at radius 2 is 1.65 bits per heavy atom. The van der Waals surface area contributed by atoms with Gasteiger partial charge < -0.3 is 5.41 Å². The van der Waals surface area contributed by atoms with E-state index >= 15 is 0 Å². The summed E-state index contributed by atoms with van der Waals surface area (Å²) in [6.45, 7) is 1.93. The number of benzene rings is 2. The molecule has 1 heterocycles. The molecule has 0 aliphatic carbocycles. The molecule has 3 nitrogen and oxygen atoms in total. The highest BCUT2D eigenvalue weighted by atomic mass is 35.5. The standard InChI is InChI=1S/C17H12Cl3N3/c1-10-15(9-21)22-23(16-7-6-13(19)8-14(16)20)17(10)11-2-4-12(18)5-3-11/h2-9,21H,1H3. The minimum Gasteiger partial charge on any atom is -0.306 e. The highest BCUT2D eigenvalue weighted by molar-refractivity contribution is 6.35. The summed E-state index contributed by atoms with van der Waals surface area (Å²) in [4.78, 5) is 0. The molecule has 3 rings (SSSR count). The van der Waals surface area contributed by atoms with E-state index in [1.54, 1.807) is 16.8 Å². The van der Waals surface area contributed by atoms with E-state index in [9.17, 15) is 0 Å². The fraction of sp³-hybridized carbons (Fsp3) is 0.0588. The van der Waals surface area contributed by atoms with E-state index < -0.39 is 0 Å². The third-order valence-electron chi connectivity index (χ3n) is 3.55. The Hall–Kier alpha value is -1.81. The fourth-order valence-corrected chi connectivity index (χ4v) is 3.04. The highest BCUT2D eigenvalue weighted by Crippen LogP contribution is 2.32. The van der Waals surface area contributed by atoms with Crippen LogP contribution in [-0.2, 0) is 0 Å². The molecule has 0 bridgehead atoms. The maximum absolute atomic E-state index is 7.57. The molecular weight excluding hydrogens is 353 g/mol. The predicted octanol–water partition coefficient (Wildman–Crippen LogP) is 5.81. The minimum absolute atomic E-state index is 0.492. The molecule has 6 heteroatoms. The van der Waals surface area contributed by atoms with Gasteiger partial charge in [0.1, 0.15) is 5.69 Å². The molecule has 2 aromatic carbocycles. The predicted molar refractivity (Wildman–Crippen MR) is 96.7 cm³/mol. The van der Waals surface area contributed by atoms with Gasteiger partial charge in [0.05, 0.1) is 16.4 Å². The lowest BCUT2D eigenvalue weighted by molar-refractivity contribution is 0.884. The number of hydrogen-bond donors (Lipinski definition) is 1. The van der Waals surface area contributed by atoms with Gasteiger partial charge >= 0.3 is 0 Å². The van der Waals surface area contributed by atoms with Crippen LogP contribution in [0.1, 0.15) is 11.3 Å². The molecule has 0 atom stereocenters. The monoisotopic (exact) mass is 363 g/mol. The Labute approximate surface area is 148 Å². The molecule has 3 aromatic rings. The van der Waals surface area contributed by atoms with Gasteiger partial charge in [-0.1, -0.05) is 46.9 Å². The average Bonchev–Trinajstić information content (AvgIpc) is 2.85. The molecule has 0 saturated heterocycles. The third kappa shape index (κ3) is 3.00. The summed E-state index contributed by atoms with van der Waals surface area (Å²) in [5.74, 6) is 0. The molecule has 0 fully saturated rings. The van der Waals surface area contributed by atoms with Gasteiger partial charge in [-0.3, -0.25) is 0 Å². The number of rotatable bonds is 3. The van der Waals surface area contributed by atoms with Crippen LogP contribution >= 0.6 is 34.8 Å². The quantitative estimate of drug-likeness (QED) is 0.586. The van der Waals surface area contributed by atoms with E-state index in [1.807, 2.05) is 37.3 Å². The van der Waals surface area contributed by atoms with Crippen LogP contribution in [0.4, 0.5) is 0 Å². The van der Waals surface area contributed by atoms with Crippen molar-refractivity contribution in [1.82, 2.24) is 9.78 Å². The van der Waals surface area contributed by atoms with Crippen LogP contribution in [0.5, 0.6) is 0 Å². The van der Waals surface area contributed by atoms with Crippen molar-refractivity contribution >= 4 is 41.0 Å². The van der Waals surface area contributed by atoms with Crippen LogP contribution < -0.4 is 0 Å². The van der Waals surface area contributed by atoms with E-state index in [1.165, 1.54) is 6.21 Å². The van der Waals surface area contributed by atoms with Gasteiger partial charge in [-0.05, 0) is 37.3 Å². The second-order valence-electron chi connectivity index (χ2n) is 5.02. The van der Waals surface area contributed by atoms with Crippen molar-refractivity contribution in [3.8, 4) is 16.9 Å². The maximum atomic E-state index is 7.57. The number of hydrogen-bond acceptors (Lipinski definition) is 2. The number of nitrogens with zero attached hydrogens (tertiary/aromatic N) is 2. The van der Waals surface area contributed by atoms with Crippen LogP contribution in [0.15, 0.2) is 42.5 Å². The van der Waals surface area contributed by atoms with Crippen molar-refractivity contribution in [3.05, 3.63) is 68.8 Å². The molecular formula is C17H12Cl3N3. The van der Waals surface area contributed by atoms with Crippen LogP contribution in [0, 0.1) is 12.3 Å². The first kappa shape index (κ1) is 16.1. The summed E-state index contributed by atoms with van der Waals surface area (Å²) in [5.41, 5.74) is 3.99. The van der Waals surface area contributed by atoms with Crippen LogP contribution in [0.3, 0.4) is 0 Å². The van der Waals surface area contributed by atoms with E-state index in [2.05, 4.69) is 5.10 Å². The van der Waals surface area contributed by atoms with Crippen molar-refractivity contribution in [3.63, 3.8) is 0 Å². The molecule has 0 saturated carbocycles. The zero-order valence-corrected chi connectivity index (χ0v) is 14.4. The van der Waals surface area contributed by atoms with Gasteiger partial charge in [0.2, 0.25) is 0 Å². The number of halogens is 3. The summed E-state index contributed by atoms with van der Waals surface area (Å²) >= 11 is 18.3. The lowest BCUT2D eigenvalue weighted by Gasteiger charge is -2.11. The number of nitrogens with one attached hydrogen (secondary N) is 1. The molecule has 0 radical (unpaired) electrons. The molecule has 1 aromatic heterocycles. The van der Waals surface area contributed by atoms with E-state index in [4.69, 9.17) is 40.2 Å². The smallest absolute Gasteiger partial charge is 0.107 e. The second kappa shape index (κ2) is 6.36. The van der Waals surface area contributed by atoms with Crippen molar-refractivity contribution in [1.29, 1.82) is 5.41 Å². The van der Waals surface area contributed by atoms with Gasteiger partial charge in [-0.25, -0.2) is 4.68 Å². The van der Waals surface area contributed by atoms with Gasteiger partial charge in [0, 0.05) is 27.4 Å². The largest absolute Gasteiger partial charge is 0.306 e. The van der Waals surface area contributed by atoms with Crippen molar-refractivity contribution in [2.45, 2.75) is 6.92 Å². The summed E-state index contributed by atoms with van der Waals surface area (Å²) in [7, 11) is 0. The summed E-state index contributed by atoms with van der Waals surface area (Å²) in [5, 5.41) is 13.8. The van der Waals surface area contributed by atoms with E-state index in [0.29, 0.717) is 26.4 Å². The average molecular weight is 365 g/mol. The molecule has 0 aliphatic heterocycles. The SMILES string of the molecule is Cc1c(C=N)nn(-c2ccc(Cl)cc2Cl)c1-c1ccc(Cl)cc1. The molecule has 0 aliphatic rings. The van der Waals surface area contributed by atoms with Crippen LogP contribution in [0.2, 0.25) is 15.1 Å². The molecule has 0 spiro atoms. The summed E-state index contributed by atoms with van der Waals surface area (Å²) in [6, 6.07) is 12.7. The van der Waals surface area contributed by atoms with Gasteiger partial charge in [-0.2, -0.15) is 5.10 Å². The van der Waals surface area contributed by atoms with Gasteiger partial charge in [0.15, 0.2) is 0 Å². The Kier molecular flexibility index (Phi) is 4.44. The zero-order chi connectivity index (χ0) is 16.6. The second-order valence-corrected chi connectivity index (χ2v) is 6.30.